The lowest BCUT2D eigenvalue weighted by molar-refractivity contribution is -0.145. The van der Waals surface area contributed by atoms with Crippen LogP contribution >= 0.6 is 0 Å². The molecule has 0 radical (unpaired) electrons. The first-order valence-corrected chi connectivity index (χ1v) is 13.3. The molecule has 3 aliphatic rings. The number of hydrogen-bond acceptors (Lipinski definition) is 4. The van der Waals surface area contributed by atoms with Crippen LogP contribution in [0.3, 0.4) is 0 Å². The van der Waals surface area contributed by atoms with E-state index in [2.05, 4.69) is 44.9 Å². The normalized spacial score (nSPS) is 36.6. The number of phenolic OH excluding ortho intramolecular Hbond substituents is 1. The number of benzene rings is 1. The van der Waals surface area contributed by atoms with Crippen molar-refractivity contribution in [3.8, 4) is 11.5 Å². The molecule has 2 fully saturated rings. The van der Waals surface area contributed by atoms with E-state index in [1.807, 2.05) is 0 Å². The molecule has 4 rings (SSSR count). The van der Waals surface area contributed by atoms with Crippen LogP contribution in [0.4, 0.5) is 0 Å². The third-order valence-electron chi connectivity index (χ3n) is 9.54. The first-order chi connectivity index (χ1) is 14.8. The third-order valence-corrected chi connectivity index (χ3v) is 9.94. The molecule has 2 N–H and O–H groups in total. The Kier molecular flexibility index (Phi) is 5.73. The van der Waals surface area contributed by atoms with Crippen molar-refractivity contribution in [3.05, 3.63) is 35.4 Å². The summed E-state index contributed by atoms with van der Waals surface area (Å²) in [6.45, 7) is 12.1. The van der Waals surface area contributed by atoms with Crippen LogP contribution in [0.25, 0.3) is 0 Å². The summed E-state index contributed by atoms with van der Waals surface area (Å²) >= 11 is 0. The highest BCUT2D eigenvalue weighted by molar-refractivity contribution is 7.81. The van der Waals surface area contributed by atoms with Gasteiger partial charge in [-0.15, -0.1) is 0 Å². The fourth-order valence-corrected chi connectivity index (χ4v) is 8.47. The van der Waals surface area contributed by atoms with Gasteiger partial charge in [0.05, 0.1) is 0 Å². The lowest BCUT2D eigenvalue weighted by Gasteiger charge is -2.65. The minimum absolute atomic E-state index is 0.0177. The minimum Gasteiger partial charge on any atom is -0.508 e. The summed E-state index contributed by atoms with van der Waals surface area (Å²) in [6, 6.07) is 4.34. The summed E-state index contributed by atoms with van der Waals surface area (Å²) < 4.78 is 36.0. The number of hydrogen-bond donors (Lipinski definition) is 2. The average molecular weight is 463 g/mol. The van der Waals surface area contributed by atoms with Crippen molar-refractivity contribution in [2.75, 3.05) is 0 Å². The maximum atomic E-state index is 11.2. The fraction of sp³-hybridized carbons (Fsp3) is 0.692. The summed E-state index contributed by atoms with van der Waals surface area (Å²) in [5, 5.41) is 10.5. The average Bonchev–Trinajstić information content (AvgIpc) is 2.65. The Bertz CT molecular complexity index is 1030. The first kappa shape index (κ1) is 23.6. The Hall–Kier alpha value is -1.53. The van der Waals surface area contributed by atoms with Gasteiger partial charge in [0.1, 0.15) is 11.5 Å². The van der Waals surface area contributed by atoms with E-state index in [0.29, 0.717) is 28.7 Å². The van der Waals surface area contributed by atoms with Crippen LogP contribution in [0.5, 0.6) is 11.5 Å². The molecule has 3 aliphatic carbocycles. The van der Waals surface area contributed by atoms with Crippen LogP contribution in [0, 0.1) is 34.0 Å². The van der Waals surface area contributed by atoms with Crippen LogP contribution in [0.1, 0.15) is 78.7 Å². The van der Waals surface area contributed by atoms with Gasteiger partial charge < -0.3 is 9.29 Å². The van der Waals surface area contributed by atoms with Crippen LogP contribution in [-0.2, 0) is 16.8 Å². The summed E-state index contributed by atoms with van der Waals surface area (Å²) in [5.41, 5.74) is 2.80. The van der Waals surface area contributed by atoms with E-state index in [9.17, 15) is 13.5 Å². The standard InChI is InChI=1S/C26H38O5S/c1-17-7-10-23-25(4,14-11-22-24(2,3)12-6-13-26(22,23)5)20(17)16-18-15-19(8-9-21(18)27)31-32(28,29)30/h7-9,15,20,22-23,27H,6,10-14,16H2,1-5H3,(H,28,29,30). The topological polar surface area (TPSA) is 83.8 Å². The van der Waals surface area contributed by atoms with Gasteiger partial charge in [-0.25, -0.2) is 0 Å². The van der Waals surface area contributed by atoms with Crippen molar-refractivity contribution >= 4 is 10.4 Å². The van der Waals surface area contributed by atoms with Crippen LogP contribution < -0.4 is 4.18 Å². The number of rotatable bonds is 4. The molecule has 6 heteroatoms. The second-order valence-corrected chi connectivity index (χ2v) is 12.8. The molecule has 0 amide bonds. The van der Waals surface area contributed by atoms with Gasteiger partial charge in [-0.1, -0.05) is 45.8 Å². The smallest absolute Gasteiger partial charge is 0.446 e. The molecule has 1 aromatic carbocycles. The lowest BCUT2D eigenvalue weighted by atomic mass is 9.39. The number of fused-ring (bicyclic) bond motifs is 3. The molecule has 5 nitrogen and oxygen atoms in total. The number of allylic oxidation sites excluding steroid dienone is 2. The predicted octanol–water partition coefficient (Wildman–Crippen LogP) is 6.33. The van der Waals surface area contributed by atoms with Gasteiger partial charge in [-0.05, 0) is 103 Å². The molecule has 0 spiro atoms. The zero-order chi connectivity index (χ0) is 23.5. The Labute approximate surface area is 193 Å². The molecule has 5 atom stereocenters. The molecule has 0 saturated heterocycles. The van der Waals surface area contributed by atoms with Crippen LogP contribution in [0.2, 0.25) is 0 Å². The van der Waals surface area contributed by atoms with E-state index in [4.69, 9.17) is 4.55 Å². The molecule has 2 saturated carbocycles. The highest BCUT2D eigenvalue weighted by Gasteiger charge is 2.60. The third kappa shape index (κ3) is 3.98. The molecular weight excluding hydrogens is 424 g/mol. The quantitative estimate of drug-likeness (QED) is 0.403. The molecular formula is C26H38O5S. The second-order valence-electron chi connectivity index (χ2n) is 11.7. The first-order valence-electron chi connectivity index (χ1n) is 11.9. The van der Waals surface area contributed by atoms with Crippen LogP contribution in [-0.4, -0.2) is 18.1 Å². The van der Waals surface area contributed by atoms with Crippen molar-refractivity contribution in [1.29, 1.82) is 0 Å². The van der Waals surface area contributed by atoms with Crippen molar-refractivity contribution in [2.24, 2.45) is 34.0 Å². The zero-order valence-electron chi connectivity index (χ0n) is 20.0. The lowest BCUT2D eigenvalue weighted by Crippen LogP contribution is -2.57. The second kappa shape index (κ2) is 7.76. The molecule has 1 aromatic rings. The summed E-state index contributed by atoms with van der Waals surface area (Å²) in [4.78, 5) is 0. The van der Waals surface area contributed by atoms with Gasteiger partial charge in [0.25, 0.3) is 0 Å². The molecule has 0 heterocycles. The van der Waals surface area contributed by atoms with Gasteiger partial charge in [0.15, 0.2) is 0 Å². The van der Waals surface area contributed by atoms with Crippen molar-refractivity contribution in [1.82, 2.24) is 0 Å². The maximum Gasteiger partial charge on any atom is 0.446 e. The molecule has 0 aliphatic heterocycles. The molecule has 178 valence electrons. The highest BCUT2D eigenvalue weighted by atomic mass is 32.3. The molecule has 0 aromatic heterocycles. The fourth-order valence-electron chi connectivity index (χ4n) is 8.12. The minimum atomic E-state index is -4.61. The van der Waals surface area contributed by atoms with Crippen molar-refractivity contribution in [2.45, 2.75) is 79.6 Å². The monoisotopic (exact) mass is 462 g/mol. The Morgan fingerprint density at radius 3 is 2.47 bits per heavy atom. The maximum absolute atomic E-state index is 11.2. The van der Waals surface area contributed by atoms with E-state index in [-0.39, 0.29) is 22.8 Å². The van der Waals surface area contributed by atoms with Gasteiger partial charge in [-0.2, -0.15) is 8.42 Å². The van der Waals surface area contributed by atoms with E-state index in [1.165, 1.54) is 49.8 Å². The van der Waals surface area contributed by atoms with Crippen molar-refractivity contribution < 1.29 is 22.3 Å². The van der Waals surface area contributed by atoms with Gasteiger partial charge in [0.2, 0.25) is 0 Å². The Morgan fingerprint density at radius 1 is 1.06 bits per heavy atom. The van der Waals surface area contributed by atoms with E-state index >= 15 is 0 Å². The number of phenols is 1. The molecule has 0 bridgehead atoms. The predicted molar refractivity (Wildman–Crippen MR) is 126 cm³/mol. The number of aromatic hydroxyl groups is 1. The van der Waals surface area contributed by atoms with E-state index in [0.717, 1.165) is 12.3 Å². The van der Waals surface area contributed by atoms with Crippen LogP contribution in [0.15, 0.2) is 29.8 Å². The Morgan fingerprint density at radius 2 is 1.78 bits per heavy atom. The Balaban J connectivity index is 1.69. The zero-order valence-corrected chi connectivity index (χ0v) is 20.8. The van der Waals surface area contributed by atoms with Gasteiger partial charge in [-0.3, -0.25) is 4.55 Å². The molecule has 32 heavy (non-hydrogen) atoms. The SMILES string of the molecule is CC1=CCC2C(C)(CCC3C(C)(C)CCCC32C)C1Cc1cc(OS(=O)(=O)O)ccc1O. The van der Waals surface area contributed by atoms with Gasteiger partial charge in [0, 0.05) is 0 Å². The molecule has 5 unspecified atom stereocenters. The summed E-state index contributed by atoms with van der Waals surface area (Å²) in [5.74, 6) is 1.72. The summed E-state index contributed by atoms with van der Waals surface area (Å²) in [7, 11) is -4.61. The largest absolute Gasteiger partial charge is 0.508 e. The summed E-state index contributed by atoms with van der Waals surface area (Å²) in [6.07, 6.45) is 10.4. The highest BCUT2D eigenvalue weighted by Crippen LogP contribution is 2.68. The van der Waals surface area contributed by atoms with E-state index < -0.39 is 10.4 Å². The van der Waals surface area contributed by atoms with E-state index in [1.54, 1.807) is 6.07 Å². The van der Waals surface area contributed by atoms with Crippen molar-refractivity contribution in [3.63, 3.8) is 0 Å². The van der Waals surface area contributed by atoms with Gasteiger partial charge >= 0.3 is 10.4 Å².